The van der Waals surface area contributed by atoms with Crippen molar-refractivity contribution in [3.63, 3.8) is 0 Å². The Balaban J connectivity index is 2.30. The summed E-state index contributed by atoms with van der Waals surface area (Å²) in [5.74, 6) is 1.15. The highest BCUT2D eigenvalue weighted by molar-refractivity contribution is 6.41. The van der Waals surface area contributed by atoms with Crippen molar-refractivity contribution in [1.29, 1.82) is 0 Å². The predicted molar refractivity (Wildman–Crippen MR) is 72.8 cm³/mol. The Morgan fingerprint density at radius 2 is 2.00 bits per heavy atom. The molecular formula is C12H13Cl2N3O2. The first kappa shape index (κ1) is 14.1. The molecule has 19 heavy (non-hydrogen) atoms. The molecule has 0 aliphatic heterocycles. The van der Waals surface area contributed by atoms with Gasteiger partial charge in [0.05, 0.1) is 17.4 Å². The molecule has 0 N–H and O–H groups in total. The van der Waals surface area contributed by atoms with Crippen molar-refractivity contribution in [2.45, 2.75) is 32.7 Å². The average molecular weight is 302 g/mol. The summed E-state index contributed by atoms with van der Waals surface area (Å²) in [6, 6.07) is 0. The number of halogens is 2. The summed E-state index contributed by atoms with van der Waals surface area (Å²) in [6.45, 7) is 6.16. The quantitative estimate of drug-likeness (QED) is 0.856. The molecule has 0 aromatic carbocycles. The van der Waals surface area contributed by atoms with E-state index in [2.05, 4.69) is 10.1 Å². The lowest BCUT2D eigenvalue weighted by atomic mass is 9.94. The third-order valence-corrected chi connectivity index (χ3v) is 3.27. The molecular weight excluding hydrogens is 289 g/mol. The van der Waals surface area contributed by atoms with E-state index < -0.39 is 5.56 Å². The van der Waals surface area contributed by atoms with E-state index in [1.807, 2.05) is 20.8 Å². The third kappa shape index (κ3) is 2.98. The van der Waals surface area contributed by atoms with Crippen molar-refractivity contribution in [3.05, 3.63) is 44.4 Å². The SMILES string of the molecule is CC(C)(C)c1cnc(Cn2ncc(Cl)c(Cl)c2=O)o1. The van der Waals surface area contributed by atoms with Crippen LogP contribution < -0.4 is 5.56 Å². The van der Waals surface area contributed by atoms with Gasteiger partial charge < -0.3 is 4.42 Å². The lowest BCUT2D eigenvalue weighted by Crippen LogP contribution is -2.23. The summed E-state index contributed by atoms with van der Waals surface area (Å²) in [5.41, 5.74) is -0.606. The van der Waals surface area contributed by atoms with Crippen molar-refractivity contribution >= 4 is 23.2 Å². The van der Waals surface area contributed by atoms with Crippen molar-refractivity contribution < 1.29 is 4.42 Å². The molecule has 0 radical (unpaired) electrons. The van der Waals surface area contributed by atoms with Crippen LogP contribution in [0.5, 0.6) is 0 Å². The van der Waals surface area contributed by atoms with Crippen LogP contribution in [0.3, 0.4) is 0 Å². The summed E-state index contributed by atoms with van der Waals surface area (Å²) < 4.78 is 6.75. The Morgan fingerprint density at radius 1 is 1.32 bits per heavy atom. The summed E-state index contributed by atoms with van der Waals surface area (Å²) in [6.07, 6.45) is 2.97. The van der Waals surface area contributed by atoms with Gasteiger partial charge in [-0.1, -0.05) is 44.0 Å². The molecule has 0 unspecified atom stereocenters. The Morgan fingerprint density at radius 3 is 2.58 bits per heavy atom. The van der Waals surface area contributed by atoms with E-state index in [1.54, 1.807) is 6.20 Å². The Hall–Kier alpha value is -1.33. The highest BCUT2D eigenvalue weighted by atomic mass is 35.5. The minimum absolute atomic E-state index is 0.0562. The van der Waals surface area contributed by atoms with Gasteiger partial charge in [-0.15, -0.1) is 0 Å². The van der Waals surface area contributed by atoms with E-state index in [9.17, 15) is 4.79 Å². The molecule has 2 rings (SSSR count). The topological polar surface area (TPSA) is 60.9 Å². The first-order chi connectivity index (χ1) is 8.79. The van der Waals surface area contributed by atoms with E-state index in [1.165, 1.54) is 6.20 Å². The van der Waals surface area contributed by atoms with Gasteiger partial charge in [0, 0.05) is 5.41 Å². The van der Waals surface area contributed by atoms with Crippen LogP contribution in [0.4, 0.5) is 0 Å². The highest BCUT2D eigenvalue weighted by Gasteiger charge is 2.19. The summed E-state index contributed by atoms with van der Waals surface area (Å²) in [7, 11) is 0. The zero-order valence-corrected chi connectivity index (χ0v) is 12.3. The van der Waals surface area contributed by atoms with Crippen LogP contribution >= 0.6 is 23.2 Å². The first-order valence-electron chi connectivity index (χ1n) is 5.65. The minimum atomic E-state index is -0.468. The number of aromatic nitrogens is 3. The maximum atomic E-state index is 11.8. The van der Waals surface area contributed by atoms with Gasteiger partial charge in [0.1, 0.15) is 17.3 Å². The van der Waals surface area contributed by atoms with E-state index in [0.29, 0.717) is 5.89 Å². The lowest BCUT2D eigenvalue weighted by Gasteiger charge is -2.13. The van der Waals surface area contributed by atoms with Gasteiger partial charge in [0.25, 0.3) is 5.56 Å². The molecule has 0 atom stereocenters. The third-order valence-electron chi connectivity index (χ3n) is 2.52. The Labute approximate surface area is 120 Å². The van der Waals surface area contributed by atoms with E-state index >= 15 is 0 Å². The van der Waals surface area contributed by atoms with Crippen LogP contribution in [0.2, 0.25) is 10.0 Å². The van der Waals surface area contributed by atoms with Crippen LogP contribution in [0.1, 0.15) is 32.4 Å². The fourth-order valence-corrected chi connectivity index (χ4v) is 1.69. The van der Waals surface area contributed by atoms with Crippen LogP contribution in [-0.4, -0.2) is 14.8 Å². The summed E-state index contributed by atoms with van der Waals surface area (Å²) in [5, 5.41) is 3.97. The van der Waals surface area contributed by atoms with Crippen LogP contribution in [0.25, 0.3) is 0 Å². The Bertz CT molecular complexity index is 656. The van der Waals surface area contributed by atoms with Gasteiger partial charge in [-0.05, 0) is 0 Å². The second-order valence-electron chi connectivity index (χ2n) is 5.14. The molecule has 0 saturated heterocycles. The average Bonchev–Trinajstić information content (AvgIpc) is 2.78. The van der Waals surface area contributed by atoms with Crippen LogP contribution in [0, 0.1) is 0 Å². The summed E-state index contributed by atoms with van der Waals surface area (Å²) in [4.78, 5) is 15.9. The second kappa shape index (κ2) is 4.98. The molecule has 2 heterocycles. The van der Waals surface area contributed by atoms with Crippen LogP contribution in [0.15, 0.2) is 21.6 Å². The molecule has 0 aliphatic carbocycles. The predicted octanol–water partition coefficient (Wildman–Crippen LogP) is 2.88. The zero-order valence-electron chi connectivity index (χ0n) is 10.8. The van der Waals surface area contributed by atoms with Gasteiger partial charge >= 0.3 is 0 Å². The summed E-state index contributed by atoms with van der Waals surface area (Å²) >= 11 is 11.5. The Kier molecular flexibility index (Phi) is 3.69. The largest absolute Gasteiger partial charge is 0.443 e. The molecule has 0 bridgehead atoms. The molecule has 2 aromatic heterocycles. The van der Waals surface area contributed by atoms with Crippen molar-refractivity contribution in [3.8, 4) is 0 Å². The van der Waals surface area contributed by atoms with Crippen molar-refractivity contribution in [2.75, 3.05) is 0 Å². The molecule has 0 spiro atoms. The molecule has 0 saturated carbocycles. The molecule has 0 amide bonds. The fourth-order valence-electron chi connectivity index (χ4n) is 1.42. The van der Waals surface area contributed by atoms with E-state index in [0.717, 1.165) is 10.4 Å². The maximum absolute atomic E-state index is 11.8. The number of hydrogen-bond acceptors (Lipinski definition) is 4. The number of nitrogens with zero attached hydrogens (tertiary/aromatic N) is 3. The molecule has 5 nitrogen and oxygen atoms in total. The van der Waals surface area contributed by atoms with Crippen molar-refractivity contribution in [2.24, 2.45) is 0 Å². The molecule has 2 aromatic rings. The fraction of sp³-hybridized carbons (Fsp3) is 0.417. The number of rotatable bonds is 2. The first-order valence-corrected chi connectivity index (χ1v) is 6.41. The molecule has 102 valence electrons. The molecule has 0 aliphatic rings. The van der Waals surface area contributed by atoms with E-state index in [-0.39, 0.29) is 22.0 Å². The molecule has 7 heteroatoms. The van der Waals surface area contributed by atoms with E-state index in [4.69, 9.17) is 27.6 Å². The number of oxazole rings is 1. The minimum Gasteiger partial charge on any atom is -0.443 e. The monoisotopic (exact) mass is 301 g/mol. The highest BCUT2D eigenvalue weighted by Crippen LogP contribution is 2.22. The molecule has 0 fully saturated rings. The van der Waals surface area contributed by atoms with Gasteiger partial charge in [0.2, 0.25) is 5.89 Å². The second-order valence-corrected chi connectivity index (χ2v) is 5.92. The number of hydrogen-bond donors (Lipinski definition) is 0. The standard InChI is InChI=1S/C12H13Cl2N3O2/c1-12(2,3)8-5-15-9(19-8)6-17-11(18)10(14)7(13)4-16-17/h4-5H,6H2,1-3H3. The maximum Gasteiger partial charge on any atom is 0.287 e. The van der Waals surface area contributed by atoms with Crippen molar-refractivity contribution in [1.82, 2.24) is 14.8 Å². The lowest BCUT2D eigenvalue weighted by molar-refractivity contribution is 0.370. The van der Waals surface area contributed by atoms with Gasteiger partial charge in [-0.25, -0.2) is 9.67 Å². The normalized spacial score (nSPS) is 11.8. The van der Waals surface area contributed by atoms with Gasteiger partial charge in [-0.2, -0.15) is 5.10 Å². The van der Waals surface area contributed by atoms with Crippen LogP contribution in [-0.2, 0) is 12.0 Å². The van der Waals surface area contributed by atoms with Gasteiger partial charge in [-0.3, -0.25) is 4.79 Å². The smallest absolute Gasteiger partial charge is 0.287 e. The zero-order chi connectivity index (χ0) is 14.2. The van der Waals surface area contributed by atoms with Gasteiger partial charge in [0.15, 0.2) is 0 Å².